The lowest BCUT2D eigenvalue weighted by Crippen LogP contribution is -2.54. The molecule has 1 atom stereocenters. The smallest absolute Gasteiger partial charge is 0.410 e. The molecule has 0 spiro atoms. The summed E-state index contributed by atoms with van der Waals surface area (Å²) in [5.41, 5.74) is -0.127. The number of carbonyl (C=O) groups excluding carboxylic acids is 2. The quantitative estimate of drug-likeness (QED) is 0.750. The van der Waals surface area contributed by atoms with Crippen molar-refractivity contribution in [2.45, 2.75) is 44.2 Å². The summed E-state index contributed by atoms with van der Waals surface area (Å²) in [5, 5.41) is 2.79. The van der Waals surface area contributed by atoms with Crippen LogP contribution in [0.25, 0.3) is 0 Å². The van der Waals surface area contributed by atoms with E-state index in [0.717, 1.165) is 4.31 Å². The lowest BCUT2D eigenvalue weighted by atomic mass is 10.2. The fourth-order valence-corrected chi connectivity index (χ4v) is 3.92. The molecule has 9 nitrogen and oxygen atoms in total. The lowest BCUT2D eigenvalue weighted by molar-refractivity contribution is -0.121. The van der Waals surface area contributed by atoms with Gasteiger partial charge in [0.2, 0.25) is 15.9 Å². The van der Waals surface area contributed by atoms with Crippen LogP contribution in [-0.4, -0.2) is 86.4 Å². The standard InChI is InChI=1S/C20H32N4O5S/c1-15(23-10-12-24(13-11-23)19(26)29-20(2,3)4)18(25)21-16-8-7-9-17(14-16)30(27,28)22(5)6/h7-9,14-15H,10-13H2,1-6H3,(H,21,25). The highest BCUT2D eigenvalue weighted by Gasteiger charge is 2.30. The van der Waals surface area contributed by atoms with Gasteiger partial charge in [-0.15, -0.1) is 0 Å². The van der Waals surface area contributed by atoms with Gasteiger partial charge in [-0.3, -0.25) is 9.69 Å². The van der Waals surface area contributed by atoms with Gasteiger partial charge in [0.05, 0.1) is 10.9 Å². The second-order valence-electron chi connectivity index (χ2n) is 8.48. The average Bonchev–Trinajstić information content (AvgIpc) is 2.66. The topological polar surface area (TPSA) is 99.3 Å². The molecule has 0 saturated carbocycles. The number of benzene rings is 1. The minimum atomic E-state index is -3.58. The molecule has 1 saturated heterocycles. The monoisotopic (exact) mass is 440 g/mol. The summed E-state index contributed by atoms with van der Waals surface area (Å²) in [6.45, 7) is 9.31. The predicted molar refractivity (Wildman–Crippen MR) is 115 cm³/mol. The molecule has 1 aliphatic rings. The van der Waals surface area contributed by atoms with Crippen LogP contribution in [0.5, 0.6) is 0 Å². The normalized spacial score (nSPS) is 17.0. The minimum Gasteiger partial charge on any atom is -0.444 e. The number of carbonyl (C=O) groups is 2. The van der Waals surface area contributed by atoms with Gasteiger partial charge in [0.1, 0.15) is 5.60 Å². The lowest BCUT2D eigenvalue weighted by Gasteiger charge is -2.37. The van der Waals surface area contributed by atoms with Crippen molar-refractivity contribution in [1.29, 1.82) is 0 Å². The van der Waals surface area contributed by atoms with Crippen molar-refractivity contribution < 1.29 is 22.7 Å². The van der Waals surface area contributed by atoms with Crippen LogP contribution in [0.15, 0.2) is 29.2 Å². The Labute approximate surface area is 179 Å². The molecule has 0 aliphatic carbocycles. The van der Waals surface area contributed by atoms with Crippen LogP contribution in [0.1, 0.15) is 27.7 Å². The van der Waals surface area contributed by atoms with Gasteiger partial charge >= 0.3 is 6.09 Å². The number of amides is 2. The average molecular weight is 441 g/mol. The third-order valence-electron chi connectivity index (χ3n) is 4.77. The summed E-state index contributed by atoms with van der Waals surface area (Å²) in [5.74, 6) is -0.236. The first-order valence-corrected chi connectivity index (χ1v) is 11.3. The molecule has 10 heteroatoms. The van der Waals surface area contributed by atoms with E-state index in [4.69, 9.17) is 4.74 Å². The maximum Gasteiger partial charge on any atom is 0.410 e. The Bertz CT molecular complexity index is 871. The van der Waals surface area contributed by atoms with E-state index >= 15 is 0 Å². The summed E-state index contributed by atoms with van der Waals surface area (Å²) in [6.07, 6.45) is -0.349. The summed E-state index contributed by atoms with van der Waals surface area (Å²) in [7, 11) is -0.665. The molecular weight excluding hydrogens is 408 g/mol. The van der Waals surface area contributed by atoms with Gasteiger partial charge in [-0.2, -0.15) is 0 Å². The number of hydrogen-bond donors (Lipinski definition) is 1. The Morgan fingerprint density at radius 1 is 1.13 bits per heavy atom. The fraction of sp³-hybridized carbons (Fsp3) is 0.600. The molecule has 0 radical (unpaired) electrons. The number of piperazine rings is 1. The van der Waals surface area contributed by atoms with Crippen LogP contribution in [0.2, 0.25) is 0 Å². The van der Waals surface area contributed by atoms with E-state index in [1.54, 1.807) is 24.0 Å². The molecule has 1 aromatic rings. The largest absolute Gasteiger partial charge is 0.444 e. The first-order chi connectivity index (χ1) is 13.8. The summed E-state index contributed by atoms with van der Waals surface area (Å²) in [4.78, 5) is 28.6. The van der Waals surface area contributed by atoms with Gasteiger partial charge in [0.15, 0.2) is 0 Å². The molecule has 30 heavy (non-hydrogen) atoms. The molecule has 168 valence electrons. The molecule has 2 rings (SSSR count). The summed E-state index contributed by atoms with van der Waals surface area (Å²) < 4.78 is 31.1. The first-order valence-electron chi connectivity index (χ1n) is 9.87. The van der Waals surface area contributed by atoms with Gasteiger partial charge in [-0.1, -0.05) is 6.07 Å². The molecule has 1 aromatic carbocycles. The van der Waals surface area contributed by atoms with Gasteiger partial charge < -0.3 is 15.0 Å². The Morgan fingerprint density at radius 2 is 1.73 bits per heavy atom. The Kier molecular flexibility index (Phi) is 7.49. The van der Waals surface area contributed by atoms with Crippen molar-refractivity contribution in [2.24, 2.45) is 0 Å². The van der Waals surface area contributed by atoms with Crippen LogP contribution in [-0.2, 0) is 19.6 Å². The van der Waals surface area contributed by atoms with Crippen molar-refractivity contribution in [3.05, 3.63) is 24.3 Å². The highest BCUT2D eigenvalue weighted by Crippen LogP contribution is 2.19. The summed E-state index contributed by atoms with van der Waals surface area (Å²) >= 11 is 0. The third-order valence-corrected chi connectivity index (χ3v) is 6.58. The van der Waals surface area contributed by atoms with E-state index in [1.165, 1.54) is 26.2 Å². The molecule has 1 N–H and O–H groups in total. The number of ether oxygens (including phenoxy) is 1. The maximum absolute atomic E-state index is 12.7. The number of hydrogen-bond acceptors (Lipinski definition) is 6. The highest BCUT2D eigenvalue weighted by molar-refractivity contribution is 7.89. The number of anilines is 1. The van der Waals surface area contributed by atoms with Crippen LogP contribution in [0.4, 0.5) is 10.5 Å². The summed E-state index contributed by atoms with van der Waals surface area (Å²) in [6, 6.07) is 5.75. The number of nitrogens with zero attached hydrogens (tertiary/aromatic N) is 3. The molecule has 1 heterocycles. The molecule has 1 fully saturated rings. The van der Waals surface area contributed by atoms with Crippen LogP contribution in [0, 0.1) is 0 Å². The highest BCUT2D eigenvalue weighted by atomic mass is 32.2. The Morgan fingerprint density at radius 3 is 2.27 bits per heavy atom. The maximum atomic E-state index is 12.7. The van der Waals surface area contributed by atoms with Crippen molar-refractivity contribution in [1.82, 2.24) is 14.1 Å². The van der Waals surface area contributed by atoms with E-state index in [1.807, 2.05) is 25.7 Å². The van der Waals surface area contributed by atoms with E-state index in [-0.39, 0.29) is 16.9 Å². The fourth-order valence-electron chi connectivity index (χ4n) is 2.98. The third kappa shape index (κ3) is 6.16. The Balaban J connectivity index is 1.96. The molecule has 1 aliphatic heterocycles. The zero-order valence-electron chi connectivity index (χ0n) is 18.5. The second-order valence-corrected chi connectivity index (χ2v) is 10.6. The Hall–Kier alpha value is -2.17. The van der Waals surface area contributed by atoms with Crippen LogP contribution < -0.4 is 5.32 Å². The second kappa shape index (κ2) is 9.32. The van der Waals surface area contributed by atoms with E-state index < -0.39 is 21.7 Å². The zero-order valence-corrected chi connectivity index (χ0v) is 19.3. The number of sulfonamides is 1. The van der Waals surface area contributed by atoms with Crippen LogP contribution in [0.3, 0.4) is 0 Å². The van der Waals surface area contributed by atoms with Crippen molar-refractivity contribution in [3.63, 3.8) is 0 Å². The SMILES string of the molecule is CC(C(=O)Nc1cccc(S(=O)(=O)N(C)C)c1)N1CCN(C(=O)OC(C)(C)C)CC1. The number of rotatable bonds is 5. The molecule has 0 bridgehead atoms. The van der Waals surface area contributed by atoms with Crippen molar-refractivity contribution in [3.8, 4) is 0 Å². The van der Waals surface area contributed by atoms with Crippen LogP contribution >= 0.6 is 0 Å². The van der Waals surface area contributed by atoms with Gasteiger partial charge in [-0.25, -0.2) is 17.5 Å². The van der Waals surface area contributed by atoms with Gasteiger partial charge in [0, 0.05) is 46.0 Å². The first kappa shape index (κ1) is 24.1. The molecule has 1 unspecified atom stereocenters. The molecule has 0 aromatic heterocycles. The predicted octanol–water partition coefficient (Wildman–Crippen LogP) is 1.82. The van der Waals surface area contributed by atoms with Gasteiger partial charge in [0.25, 0.3) is 0 Å². The molecular formula is C20H32N4O5S. The van der Waals surface area contributed by atoms with E-state index in [9.17, 15) is 18.0 Å². The molecule has 2 amide bonds. The van der Waals surface area contributed by atoms with Crippen molar-refractivity contribution in [2.75, 3.05) is 45.6 Å². The van der Waals surface area contributed by atoms with Gasteiger partial charge in [-0.05, 0) is 45.9 Å². The number of nitrogens with one attached hydrogen (secondary N) is 1. The van der Waals surface area contributed by atoms with Crippen molar-refractivity contribution >= 4 is 27.7 Å². The van der Waals surface area contributed by atoms with E-state index in [0.29, 0.717) is 31.9 Å². The zero-order chi connectivity index (χ0) is 22.7. The van der Waals surface area contributed by atoms with E-state index in [2.05, 4.69) is 5.32 Å². The minimum absolute atomic E-state index is 0.115.